The molecule has 2 heterocycles. The number of ether oxygens (including phenoxy) is 1. The third-order valence-corrected chi connectivity index (χ3v) is 5.18. The Morgan fingerprint density at radius 2 is 2.08 bits per heavy atom. The van der Waals surface area contributed by atoms with Crippen molar-refractivity contribution >= 4 is 16.7 Å². The molecular formula is C20H21N5O. The quantitative estimate of drug-likeness (QED) is 0.735. The minimum absolute atomic E-state index is 0.358. The first kappa shape index (κ1) is 16.4. The van der Waals surface area contributed by atoms with E-state index in [1.807, 2.05) is 41.1 Å². The van der Waals surface area contributed by atoms with E-state index < -0.39 is 0 Å². The molecule has 0 amide bonds. The summed E-state index contributed by atoms with van der Waals surface area (Å²) in [6, 6.07) is 14.1. The van der Waals surface area contributed by atoms with Crippen LogP contribution in [0.4, 0.5) is 5.82 Å². The summed E-state index contributed by atoms with van der Waals surface area (Å²) >= 11 is 0. The van der Waals surface area contributed by atoms with Crippen molar-refractivity contribution < 1.29 is 4.74 Å². The summed E-state index contributed by atoms with van der Waals surface area (Å²) in [5.74, 6) is 1.32. The molecule has 6 nitrogen and oxygen atoms in total. The topological polar surface area (TPSA) is 89.8 Å². The highest BCUT2D eigenvalue weighted by molar-refractivity contribution is 5.93. The third kappa shape index (κ3) is 2.76. The molecule has 26 heavy (non-hydrogen) atoms. The van der Waals surface area contributed by atoms with E-state index in [0.717, 1.165) is 23.9 Å². The van der Waals surface area contributed by atoms with Crippen LogP contribution in [0.2, 0.25) is 0 Å². The van der Waals surface area contributed by atoms with E-state index >= 15 is 0 Å². The van der Waals surface area contributed by atoms with Gasteiger partial charge < -0.3 is 10.5 Å². The molecule has 0 aliphatic heterocycles. The van der Waals surface area contributed by atoms with Gasteiger partial charge in [-0.15, -0.1) is 0 Å². The van der Waals surface area contributed by atoms with Gasteiger partial charge in [0, 0.05) is 6.20 Å². The van der Waals surface area contributed by atoms with Gasteiger partial charge in [0.15, 0.2) is 5.82 Å². The summed E-state index contributed by atoms with van der Waals surface area (Å²) in [5.41, 5.74) is 7.79. The number of nitriles is 1. The van der Waals surface area contributed by atoms with Crippen LogP contribution < -0.4 is 10.5 Å². The number of benzene rings is 1. The zero-order valence-corrected chi connectivity index (χ0v) is 14.7. The zero-order chi connectivity index (χ0) is 18.1. The lowest BCUT2D eigenvalue weighted by Crippen LogP contribution is -2.33. The van der Waals surface area contributed by atoms with Crippen molar-refractivity contribution in [1.82, 2.24) is 14.8 Å². The minimum atomic E-state index is -0.358. The van der Waals surface area contributed by atoms with Crippen molar-refractivity contribution in [3.63, 3.8) is 0 Å². The van der Waals surface area contributed by atoms with Gasteiger partial charge in [0.2, 0.25) is 5.88 Å². The maximum Gasteiger partial charge on any atom is 0.227 e. The Morgan fingerprint density at radius 3 is 2.77 bits per heavy atom. The Hall–Kier alpha value is -3.07. The second-order valence-electron chi connectivity index (χ2n) is 7.05. The molecule has 1 aliphatic rings. The van der Waals surface area contributed by atoms with Gasteiger partial charge in [-0.2, -0.15) is 10.4 Å². The van der Waals surface area contributed by atoms with Crippen LogP contribution in [0.5, 0.6) is 5.88 Å². The van der Waals surface area contributed by atoms with Gasteiger partial charge in [0.05, 0.1) is 23.5 Å². The number of pyridine rings is 1. The molecule has 2 aromatic heterocycles. The van der Waals surface area contributed by atoms with Crippen LogP contribution >= 0.6 is 0 Å². The van der Waals surface area contributed by atoms with Crippen molar-refractivity contribution in [2.75, 3.05) is 5.73 Å². The van der Waals surface area contributed by atoms with Crippen molar-refractivity contribution in [3.05, 3.63) is 48.2 Å². The van der Waals surface area contributed by atoms with Crippen molar-refractivity contribution in [2.45, 2.75) is 38.3 Å². The van der Waals surface area contributed by atoms with Crippen molar-refractivity contribution in [1.29, 1.82) is 5.26 Å². The van der Waals surface area contributed by atoms with Crippen LogP contribution in [0.3, 0.4) is 0 Å². The molecule has 1 atom stereocenters. The Morgan fingerprint density at radius 1 is 1.31 bits per heavy atom. The van der Waals surface area contributed by atoms with Crippen LogP contribution in [0.1, 0.15) is 31.7 Å². The highest BCUT2D eigenvalue weighted by Gasteiger charge is 2.44. The second kappa shape index (κ2) is 6.34. The summed E-state index contributed by atoms with van der Waals surface area (Å²) in [6.45, 7) is 2.50. The van der Waals surface area contributed by atoms with Crippen LogP contribution in [0, 0.1) is 17.2 Å². The highest BCUT2D eigenvalue weighted by atomic mass is 16.5. The number of hydrogen-bond donors (Lipinski definition) is 1. The fourth-order valence-electron chi connectivity index (χ4n) is 3.54. The minimum Gasteiger partial charge on any atom is -0.472 e. The highest BCUT2D eigenvalue weighted by Crippen LogP contribution is 2.47. The Kier molecular flexibility index (Phi) is 4.00. The predicted octanol–water partition coefficient (Wildman–Crippen LogP) is 3.63. The number of hydrogen-bond acceptors (Lipinski definition) is 5. The fourth-order valence-corrected chi connectivity index (χ4v) is 3.54. The zero-order valence-electron chi connectivity index (χ0n) is 14.7. The molecule has 1 saturated carbocycles. The van der Waals surface area contributed by atoms with Gasteiger partial charge in [-0.25, -0.2) is 4.98 Å². The van der Waals surface area contributed by atoms with Gasteiger partial charge >= 0.3 is 0 Å². The first-order chi connectivity index (χ1) is 12.6. The third-order valence-electron chi connectivity index (χ3n) is 5.18. The number of nitrogens with zero attached hydrogens (tertiary/aromatic N) is 4. The first-order valence-corrected chi connectivity index (χ1v) is 8.81. The van der Waals surface area contributed by atoms with Gasteiger partial charge in [-0.1, -0.05) is 30.3 Å². The summed E-state index contributed by atoms with van der Waals surface area (Å²) in [4.78, 5) is 4.36. The maximum atomic E-state index is 9.32. The van der Waals surface area contributed by atoms with E-state index in [9.17, 15) is 5.26 Å². The number of rotatable bonds is 6. The van der Waals surface area contributed by atoms with Crippen molar-refractivity contribution in [3.8, 4) is 11.9 Å². The molecule has 1 aromatic carbocycles. The predicted molar refractivity (Wildman–Crippen MR) is 99.3 cm³/mol. The van der Waals surface area contributed by atoms with Gasteiger partial charge in [0.25, 0.3) is 0 Å². The number of fused-ring (bicyclic) bond motifs is 1. The second-order valence-corrected chi connectivity index (χ2v) is 7.05. The number of anilines is 1. The lowest BCUT2D eigenvalue weighted by atomic mass is 9.92. The van der Waals surface area contributed by atoms with Crippen molar-refractivity contribution in [2.24, 2.45) is 5.92 Å². The number of aromatic nitrogens is 3. The van der Waals surface area contributed by atoms with E-state index in [1.54, 1.807) is 6.20 Å². The Bertz CT molecular complexity index is 971. The molecule has 0 spiro atoms. The first-order valence-electron chi connectivity index (χ1n) is 8.81. The monoisotopic (exact) mass is 347 g/mol. The SMILES string of the molecule is C[C@@](CC#N)(C1CC1)n1nc(N)c2c(OCc3ccccc3)nccc21. The largest absolute Gasteiger partial charge is 0.472 e. The molecule has 1 fully saturated rings. The molecule has 1 aliphatic carbocycles. The molecular weight excluding hydrogens is 326 g/mol. The van der Waals surface area contributed by atoms with Gasteiger partial charge in [-0.05, 0) is 37.3 Å². The smallest absolute Gasteiger partial charge is 0.227 e. The molecule has 6 heteroatoms. The number of nitrogen functional groups attached to an aromatic ring is 1. The maximum absolute atomic E-state index is 9.32. The van der Waals surface area contributed by atoms with Crippen LogP contribution in [0.25, 0.3) is 10.9 Å². The molecule has 0 saturated heterocycles. The molecule has 3 aromatic rings. The molecule has 0 unspecified atom stereocenters. The summed E-state index contributed by atoms with van der Waals surface area (Å²) in [7, 11) is 0. The Labute approximate surface area is 152 Å². The molecule has 0 bridgehead atoms. The fraction of sp³-hybridized carbons (Fsp3) is 0.350. The molecule has 132 valence electrons. The normalized spacial score (nSPS) is 16.2. The van der Waals surface area contributed by atoms with Gasteiger partial charge in [-0.3, -0.25) is 4.68 Å². The molecule has 4 rings (SSSR count). The number of nitrogens with two attached hydrogens (primary N) is 1. The van der Waals surface area contributed by atoms with Crippen LogP contribution in [-0.4, -0.2) is 14.8 Å². The molecule has 2 N–H and O–H groups in total. The van der Waals surface area contributed by atoms with E-state index in [4.69, 9.17) is 10.5 Å². The van der Waals surface area contributed by atoms with Crippen LogP contribution in [0.15, 0.2) is 42.6 Å². The lowest BCUT2D eigenvalue weighted by Gasteiger charge is -2.28. The van der Waals surface area contributed by atoms with E-state index in [-0.39, 0.29) is 5.54 Å². The van der Waals surface area contributed by atoms with Gasteiger partial charge in [0.1, 0.15) is 12.0 Å². The lowest BCUT2D eigenvalue weighted by molar-refractivity contribution is 0.258. The Balaban J connectivity index is 1.73. The van der Waals surface area contributed by atoms with E-state index in [0.29, 0.717) is 36.0 Å². The summed E-state index contributed by atoms with van der Waals surface area (Å²) < 4.78 is 7.85. The average molecular weight is 347 g/mol. The molecule has 0 radical (unpaired) electrons. The summed E-state index contributed by atoms with van der Waals surface area (Å²) in [5, 5.41) is 14.6. The standard InChI is InChI=1S/C20H21N5O/c1-20(10-11-21,15-7-8-15)25-16-9-12-23-19(17(16)18(22)24-25)26-13-14-5-3-2-4-6-14/h2-6,9,12,15H,7-8,10,13H2,1H3,(H2,22,24)/t20-/m1/s1. The van der Waals surface area contributed by atoms with E-state index in [2.05, 4.69) is 23.1 Å². The van der Waals surface area contributed by atoms with E-state index in [1.165, 1.54) is 0 Å². The van der Waals surface area contributed by atoms with Crippen LogP contribution in [-0.2, 0) is 12.1 Å². The summed E-state index contributed by atoms with van der Waals surface area (Å²) in [6.07, 6.45) is 4.33. The average Bonchev–Trinajstić information content (AvgIpc) is 3.46.